The quantitative estimate of drug-likeness (QED) is 0.415. The van der Waals surface area contributed by atoms with Crippen LogP contribution in [0.1, 0.15) is 86.5 Å². The highest BCUT2D eigenvalue weighted by atomic mass is 16.7. The predicted octanol–water partition coefficient (Wildman–Crippen LogP) is 6.35. The van der Waals surface area contributed by atoms with Gasteiger partial charge in [-0.3, -0.25) is 0 Å². The van der Waals surface area contributed by atoms with E-state index in [1.54, 1.807) is 0 Å². The average molecular weight is 337 g/mol. The summed E-state index contributed by atoms with van der Waals surface area (Å²) in [7, 11) is 0. The molecule has 0 aliphatic heterocycles. The third-order valence-electron chi connectivity index (χ3n) is 5.84. The van der Waals surface area contributed by atoms with E-state index in [9.17, 15) is 0 Å². The number of hydrogen-bond acceptors (Lipinski definition) is 2. The van der Waals surface area contributed by atoms with E-state index in [2.05, 4.69) is 53.7 Å². The van der Waals surface area contributed by atoms with E-state index in [4.69, 9.17) is 9.47 Å². The van der Waals surface area contributed by atoms with Crippen molar-refractivity contribution in [3.05, 3.63) is 12.2 Å². The molecule has 0 aromatic carbocycles. The molecule has 2 nitrogen and oxygen atoms in total. The molecule has 2 heteroatoms. The number of ether oxygens (including phenoxy) is 2. The summed E-state index contributed by atoms with van der Waals surface area (Å²) in [5.74, 6) is 2.12. The van der Waals surface area contributed by atoms with E-state index in [0.717, 1.165) is 12.3 Å². The fourth-order valence-electron chi connectivity index (χ4n) is 5.12. The molecule has 0 bridgehead atoms. The molecular formula is C22H40O2. The SMILES string of the molecule is CC(OC1C=CC(C(C(C)C)C(C)(C)C)CC1)OC1CCCCC1. The predicted molar refractivity (Wildman–Crippen MR) is 102 cm³/mol. The highest BCUT2D eigenvalue weighted by Crippen LogP contribution is 2.42. The maximum atomic E-state index is 6.16. The summed E-state index contributed by atoms with van der Waals surface area (Å²) < 4.78 is 12.3. The summed E-state index contributed by atoms with van der Waals surface area (Å²) >= 11 is 0. The van der Waals surface area contributed by atoms with Crippen LogP contribution in [0.2, 0.25) is 0 Å². The van der Waals surface area contributed by atoms with Crippen molar-refractivity contribution in [1.82, 2.24) is 0 Å². The van der Waals surface area contributed by atoms with Gasteiger partial charge in [-0.05, 0) is 55.8 Å². The lowest BCUT2D eigenvalue weighted by atomic mass is 9.65. The van der Waals surface area contributed by atoms with Crippen LogP contribution in [-0.4, -0.2) is 18.5 Å². The minimum absolute atomic E-state index is 0.0807. The monoisotopic (exact) mass is 336 g/mol. The van der Waals surface area contributed by atoms with Crippen LogP contribution in [0.25, 0.3) is 0 Å². The Morgan fingerprint density at radius 1 is 0.833 bits per heavy atom. The Morgan fingerprint density at radius 2 is 1.50 bits per heavy atom. The molecule has 4 unspecified atom stereocenters. The minimum Gasteiger partial charge on any atom is -0.350 e. The van der Waals surface area contributed by atoms with Gasteiger partial charge in [-0.15, -0.1) is 0 Å². The number of hydrogen-bond donors (Lipinski definition) is 0. The smallest absolute Gasteiger partial charge is 0.155 e. The van der Waals surface area contributed by atoms with Crippen molar-refractivity contribution in [1.29, 1.82) is 0 Å². The Morgan fingerprint density at radius 3 is 2.00 bits per heavy atom. The second kappa shape index (κ2) is 8.85. The Kier molecular flexibility index (Phi) is 7.37. The zero-order valence-corrected chi connectivity index (χ0v) is 16.9. The second-order valence-corrected chi connectivity index (χ2v) is 9.40. The van der Waals surface area contributed by atoms with E-state index in [1.165, 1.54) is 38.5 Å². The summed E-state index contributed by atoms with van der Waals surface area (Å²) in [6.07, 6.45) is 14.1. The fourth-order valence-corrected chi connectivity index (χ4v) is 5.12. The molecule has 140 valence electrons. The van der Waals surface area contributed by atoms with E-state index in [1.807, 2.05) is 0 Å². The van der Waals surface area contributed by atoms with Crippen LogP contribution in [0.3, 0.4) is 0 Å². The summed E-state index contributed by atoms with van der Waals surface area (Å²) in [4.78, 5) is 0. The topological polar surface area (TPSA) is 18.5 Å². The van der Waals surface area contributed by atoms with Gasteiger partial charge in [-0.25, -0.2) is 0 Å². The molecule has 0 aromatic rings. The summed E-state index contributed by atoms with van der Waals surface area (Å²) in [6.45, 7) is 14.0. The van der Waals surface area contributed by atoms with Gasteiger partial charge in [0.05, 0.1) is 12.2 Å². The molecule has 2 aliphatic carbocycles. The molecule has 0 radical (unpaired) electrons. The molecule has 0 N–H and O–H groups in total. The first kappa shape index (κ1) is 20.0. The first-order valence-corrected chi connectivity index (χ1v) is 10.3. The molecular weight excluding hydrogens is 296 g/mol. The molecule has 1 fully saturated rings. The van der Waals surface area contributed by atoms with Crippen LogP contribution in [0.4, 0.5) is 0 Å². The van der Waals surface area contributed by atoms with Crippen molar-refractivity contribution >= 4 is 0 Å². The normalized spacial score (nSPS) is 29.0. The van der Waals surface area contributed by atoms with Crippen LogP contribution in [0.5, 0.6) is 0 Å². The van der Waals surface area contributed by atoms with Crippen LogP contribution in [-0.2, 0) is 9.47 Å². The number of allylic oxidation sites excluding steroid dienone is 1. The third kappa shape index (κ3) is 5.88. The van der Waals surface area contributed by atoms with Crippen LogP contribution in [0.15, 0.2) is 12.2 Å². The Bertz CT molecular complexity index is 387. The van der Waals surface area contributed by atoms with Gasteiger partial charge in [-0.1, -0.05) is 66.0 Å². The highest BCUT2D eigenvalue weighted by Gasteiger charge is 2.35. The van der Waals surface area contributed by atoms with Crippen molar-refractivity contribution < 1.29 is 9.47 Å². The Hall–Kier alpha value is -0.340. The largest absolute Gasteiger partial charge is 0.350 e. The van der Waals surface area contributed by atoms with Gasteiger partial charge < -0.3 is 9.47 Å². The van der Waals surface area contributed by atoms with Gasteiger partial charge >= 0.3 is 0 Å². The van der Waals surface area contributed by atoms with Gasteiger partial charge in [-0.2, -0.15) is 0 Å². The lowest BCUT2D eigenvalue weighted by Crippen LogP contribution is -2.35. The van der Waals surface area contributed by atoms with Crippen LogP contribution >= 0.6 is 0 Å². The van der Waals surface area contributed by atoms with Crippen molar-refractivity contribution in [3.63, 3.8) is 0 Å². The van der Waals surface area contributed by atoms with E-state index in [0.29, 0.717) is 23.4 Å². The van der Waals surface area contributed by atoms with Gasteiger partial charge in [0.15, 0.2) is 6.29 Å². The first-order valence-electron chi connectivity index (χ1n) is 10.3. The molecule has 0 aromatic heterocycles. The summed E-state index contributed by atoms with van der Waals surface area (Å²) in [6, 6.07) is 0. The average Bonchev–Trinajstić information content (AvgIpc) is 2.48. The lowest BCUT2D eigenvalue weighted by Gasteiger charge is -2.41. The van der Waals surface area contributed by atoms with Crippen LogP contribution < -0.4 is 0 Å². The van der Waals surface area contributed by atoms with E-state index < -0.39 is 0 Å². The molecule has 0 heterocycles. The maximum Gasteiger partial charge on any atom is 0.155 e. The molecule has 0 saturated heterocycles. The zero-order valence-electron chi connectivity index (χ0n) is 16.9. The van der Waals surface area contributed by atoms with Gasteiger partial charge in [0, 0.05) is 0 Å². The zero-order chi connectivity index (χ0) is 17.7. The first-order chi connectivity index (χ1) is 11.3. The Balaban J connectivity index is 1.83. The molecule has 0 amide bonds. The van der Waals surface area contributed by atoms with Crippen molar-refractivity contribution in [2.75, 3.05) is 0 Å². The van der Waals surface area contributed by atoms with Gasteiger partial charge in [0.25, 0.3) is 0 Å². The van der Waals surface area contributed by atoms with Gasteiger partial charge in [0.1, 0.15) is 0 Å². The van der Waals surface area contributed by atoms with Crippen molar-refractivity contribution in [2.24, 2.45) is 23.2 Å². The molecule has 1 saturated carbocycles. The van der Waals surface area contributed by atoms with Crippen molar-refractivity contribution in [2.45, 2.75) is 105 Å². The second-order valence-electron chi connectivity index (χ2n) is 9.40. The number of rotatable bonds is 6. The molecule has 2 aliphatic rings. The minimum atomic E-state index is -0.0807. The third-order valence-corrected chi connectivity index (χ3v) is 5.84. The Labute approximate surface area is 150 Å². The van der Waals surface area contributed by atoms with Crippen LogP contribution in [0, 0.1) is 23.2 Å². The fraction of sp³-hybridized carbons (Fsp3) is 0.909. The lowest BCUT2D eigenvalue weighted by molar-refractivity contribution is -0.183. The standard InChI is InChI=1S/C22H40O2/c1-16(2)21(22(4,5)6)18-12-14-20(15-13-18)24-17(3)23-19-10-8-7-9-11-19/h12,14,16-21H,7-11,13,15H2,1-6H3. The summed E-state index contributed by atoms with van der Waals surface area (Å²) in [5, 5.41) is 0. The van der Waals surface area contributed by atoms with Gasteiger partial charge in [0.2, 0.25) is 0 Å². The molecule has 0 spiro atoms. The molecule has 4 atom stereocenters. The highest BCUT2D eigenvalue weighted by molar-refractivity contribution is 5.03. The summed E-state index contributed by atoms with van der Waals surface area (Å²) in [5.41, 5.74) is 0.355. The molecule has 2 rings (SSSR count). The maximum absolute atomic E-state index is 6.16. The molecule has 24 heavy (non-hydrogen) atoms. The van der Waals surface area contributed by atoms with E-state index in [-0.39, 0.29) is 12.4 Å². The van der Waals surface area contributed by atoms with E-state index >= 15 is 0 Å². The van der Waals surface area contributed by atoms with Crippen molar-refractivity contribution in [3.8, 4) is 0 Å².